The topological polar surface area (TPSA) is 88.3 Å². The van der Waals surface area contributed by atoms with Crippen LogP contribution in [0.1, 0.15) is 25.6 Å². The second-order valence-electron chi connectivity index (χ2n) is 6.17. The van der Waals surface area contributed by atoms with Crippen LogP contribution in [0.3, 0.4) is 0 Å². The number of hydrogen-bond donors (Lipinski definition) is 1. The van der Waals surface area contributed by atoms with Crippen molar-refractivity contribution < 1.29 is 17.3 Å². The third kappa shape index (κ3) is 4.22. The van der Waals surface area contributed by atoms with Crippen LogP contribution in [0.5, 0.6) is 0 Å². The summed E-state index contributed by atoms with van der Waals surface area (Å²) >= 11 is 0. The fraction of sp³-hybridized carbons (Fsp3) is 0.500. The number of likely N-dealkylation sites (N-methyl/N-ethyl adjacent to an activating group) is 1. The molecule has 1 aromatic heterocycles. The van der Waals surface area contributed by atoms with E-state index < -0.39 is 15.8 Å². The summed E-state index contributed by atoms with van der Waals surface area (Å²) in [6, 6.07) is 4.00. The van der Waals surface area contributed by atoms with E-state index in [0.29, 0.717) is 30.9 Å². The molecule has 1 atom stereocenters. The molecule has 1 unspecified atom stereocenters. The summed E-state index contributed by atoms with van der Waals surface area (Å²) in [5.74, 6) is -0.0968. The molecular weight excluding hydrogens is 383 g/mol. The monoisotopic (exact) mass is 404 g/mol. The number of nitrogens with one attached hydrogen (secondary N) is 1. The van der Waals surface area contributed by atoms with Crippen molar-refractivity contribution in [2.75, 3.05) is 20.1 Å². The lowest BCUT2D eigenvalue weighted by atomic mass is 10.2. The van der Waals surface area contributed by atoms with Crippen LogP contribution in [-0.4, -0.2) is 49.0 Å². The highest BCUT2D eigenvalue weighted by Crippen LogP contribution is 2.27. The Morgan fingerprint density at radius 2 is 2.04 bits per heavy atom. The van der Waals surface area contributed by atoms with Crippen LogP contribution in [0, 0.1) is 5.82 Å². The Labute approximate surface area is 158 Å². The van der Waals surface area contributed by atoms with Crippen molar-refractivity contribution >= 4 is 22.4 Å². The standard InChI is InChI=1S/C16H21FN4O3S.ClH/c1-11(18-2)9-15-19-16(24-20-15)12-5-6-13(17)14(10-12)25(22,23)21-7-3-4-8-21;/h5-6,10-11,18H,3-4,7-9H2,1-2H3;1H. The van der Waals surface area contributed by atoms with Crippen LogP contribution >= 0.6 is 12.4 Å². The number of hydrogen-bond acceptors (Lipinski definition) is 6. The van der Waals surface area contributed by atoms with Gasteiger partial charge < -0.3 is 9.84 Å². The lowest BCUT2D eigenvalue weighted by Gasteiger charge is -2.16. The van der Waals surface area contributed by atoms with E-state index >= 15 is 0 Å². The molecule has 7 nitrogen and oxygen atoms in total. The highest BCUT2D eigenvalue weighted by Gasteiger charge is 2.30. The molecule has 0 spiro atoms. The Hall–Kier alpha value is -1.55. The second-order valence-corrected chi connectivity index (χ2v) is 8.07. The summed E-state index contributed by atoms with van der Waals surface area (Å²) in [6.07, 6.45) is 2.15. The number of halogens is 2. The van der Waals surface area contributed by atoms with E-state index in [1.54, 1.807) is 0 Å². The summed E-state index contributed by atoms with van der Waals surface area (Å²) in [4.78, 5) is 3.92. The van der Waals surface area contributed by atoms with Crippen molar-refractivity contribution in [2.24, 2.45) is 0 Å². The first-order valence-corrected chi connectivity index (χ1v) is 9.65. The Balaban J connectivity index is 0.00000243. The molecule has 0 radical (unpaired) electrons. The number of nitrogens with zero attached hydrogens (tertiary/aromatic N) is 3. The Bertz CT molecular complexity index is 853. The molecule has 1 aliphatic heterocycles. The summed E-state index contributed by atoms with van der Waals surface area (Å²) < 4.78 is 46.0. The molecule has 1 fully saturated rings. The van der Waals surface area contributed by atoms with Gasteiger partial charge in [0.2, 0.25) is 10.0 Å². The number of sulfonamides is 1. The van der Waals surface area contributed by atoms with Crippen LogP contribution in [-0.2, 0) is 16.4 Å². The van der Waals surface area contributed by atoms with Crippen LogP contribution < -0.4 is 5.32 Å². The molecule has 1 N–H and O–H groups in total. The van der Waals surface area contributed by atoms with Gasteiger partial charge in [-0.3, -0.25) is 0 Å². The maximum absolute atomic E-state index is 14.2. The molecule has 1 saturated heterocycles. The molecule has 0 amide bonds. The SMILES string of the molecule is CNC(C)Cc1noc(-c2ccc(F)c(S(=O)(=O)N3CCCC3)c2)n1.Cl. The average molecular weight is 405 g/mol. The van der Waals surface area contributed by atoms with Gasteiger partial charge in [-0.15, -0.1) is 12.4 Å². The number of rotatable bonds is 6. The van der Waals surface area contributed by atoms with Crippen molar-refractivity contribution in [3.05, 3.63) is 29.8 Å². The van der Waals surface area contributed by atoms with Gasteiger partial charge in [-0.25, -0.2) is 12.8 Å². The predicted octanol–water partition coefficient (Wildman–Crippen LogP) is 2.23. The second kappa shape index (κ2) is 8.43. The van der Waals surface area contributed by atoms with Gasteiger partial charge in [0.15, 0.2) is 5.82 Å². The van der Waals surface area contributed by atoms with Crippen molar-refractivity contribution in [2.45, 2.75) is 37.1 Å². The first kappa shape index (κ1) is 20.8. The molecular formula is C16H22ClFN4O3S. The van der Waals surface area contributed by atoms with Crippen LogP contribution in [0.25, 0.3) is 11.5 Å². The van der Waals surface area contributed by atoms with Crippen molar-refractivity contribution in [3.8, 4) is 11.5 Å². The zero-order valence-corrected chi connectivity index (χ0v) is 16.2. The summed E-state index contributed by atoms with van der Waals surface area (Å²) in [5, 5.41) is 6.97. The number of benzene rings is 1. The first-order chi connectivity index (χ1) is 11.9. The molecule has 26 heavy (non-hydrogen) atoms. The van der Waals surface area contributed by atoms with Gasteiger partial charge in [-0.05, 0) is 45.0 Å². The molecule has 3 rings (SSSR count). The molecule has 144 valence electrons. The van der Waals surface area contributed by atoms with E-state index in [-0.39, 0.29) is 29.2 Å². The van der Waals surface area contributed by atoms with E-state index in [2.05, 4.69) is 15.5 Å². The zero-order valence-electron chi connectivity index (χ0n) is 14.6. The minimum atomic E-state index is -3.86. The first-order valence-electron chi connectivity index (χ1n) is 8.21. The molecule has 10 heteroatoms. The molecule has 2 aromatic rings. The maximum Gasteiger partial charge on any atom is 0.257 e. The van der Waals surface area contributed by atoms with E-state index in [1.165, 1.54) is 16.4 Å². The minimum Gasteiger partial charge on any atom is -0.334 e. The van der Waals surface area contributed by atoms with Gasteiger partial charge in [-0.1, -0.05) is 5.16 Å². The van der Waals surface area contributed by atoms with Crippen molar-refractivity contribution in [1.29, 1.82) is 0 Å². The molecule has 0 bridgehead atoms. The smallest absolute Gasteiger partial charge is 0.257 e. The molecule has 1 aliphatic rings. The van der Waals surface area contributed by atoms with Crippen molar-refractivity contribution in [3.63, 3.8) is 0 Å². The van der Waals surface area contributed by atoms with Gasteiger partial charge in [-0.2, -0.15) is 9.29 Å². The predicted molar refractivity (Wildman–Crippen MR) is 97.2 cm³/mol. The quantitative estimate of drug-likeness (QED) is 0.794. The normalized spacial score (nSPS) is 16.4. The molecule has 1 aromatic carbocycles. The Morgan fingerprint density at radius 3 is 2.69 bits per heavy atom. The van der Waals surface area contributed by atoms with Gasteiger partial charge >= 0.3 is 0 Å². The maximum atomic E-state index is 14.2. The lowest BCUT2D eigenvalue weighted by molar-refractivity contribution is 0.418. The van der Waals surface area contributed by atoms with Gasteiger partial charge in [0, 0.05) is 31.1 Å². The molecule has 0 saturated carbocycles. The fourth-order valence-electron chi connectivity index (χ4n) is 2.73. The zero-order chi connectivity index (χ0) is 18.0. The summed E-state index contributed by atoms with van der Waals surface area (Å²) in [7, 11) is -2.02. The van der Waals surface area contributed by atoms with Gasteiger partial charge in [0.1, 0.15) is 10.7 Å². The van der Waals surface area contributed by atoms with Crippen LogP contribution in [0.4, 0.5) is 4.39 Å². The number of aromatic nitrogens is 2. The van der Waals surface area contributed by atoms with Gasteiger partial charge in [0.05, 0.1) is 0 Å². The Kier molecular flexibility index (Phi) is 6.73. The highest BCUT2D eigenvalue weighted by atomic mass is 35.5. The largest absolute Gasteiger partial charge is 0.334 e. The summed E-state index contributed by atoms with van der Waals surface area (Å²) in [5.41, 5.74) is 0.384. The van der Waals surface area contributed by atoms with E-state index in [0.717, 1.165) is 18.9 Å². The Morgan fingerprint density at radius 1 is 1.35 bits per heavy atom. The fourth-order valence-corrected chi connectivity index (χ4v) is 4.34. The van der Waals surface area contributed by atoms with Crippen molar-refractivity contribution in [1.82, 2.24) is 19.8 Å². The average Bonchev–Trinajstić information content (AvgIpc) is 3.27. The third-order valence-corrected chi connectivity index (χ3v) is 6.22. The van der Waals surface area contributed by atoms with Gasteiger partial charge in [0.25, 0.3) is 5.89 Å². The summed E-state index contributed by atoms with van der Waals surface area (Å²) in [6.45, 7) is 2.81. The van der Waals surface area contributed by atoms with Crippen LogP contribution in [0.15, 0.2) is 27.6 Å². The van der Waals surface area contributed by atoms with E-state index in [1.807, 2.05) is 14.0 Å². The molecule has 0 aliphatic carbocycles. The molecule has 2 heterocycles. The minimum absolute atomic E-state index is 0. The van der Waals surface area contributed by atoms with E-state index in [4.69, 9.17) is 4.52 Å². The highest BCUT2D eigenvalue weighted by molar-refractivity contribution is 7.89. The van der Waals surface area contributed by atoms with Crippen LogP contribution in [0.2, 0.25) is 0 Å². The van der Waals surface area contributed by atoms with E-state index in [9.17, 15) is 12.8 Å². The third-order valence-electron chi connectivity index (χ3n) is 4.31. The lowest BCUT2D eigenvalue weighted by Crippen LogP contribution is -2.28.